The van der Waals surface area contributed by atoms with Crippen LogP contribution < -0.4 is 0 Å². The molecule has 3 saturated carbocycles. The van der Waals surface area contributed by atoms with Crippen molar-refractivity contribution in [3.8, 4) is 0 Å². The number of rotatable bonds is 15. The third kappa shape index (κ3) is 10.6. The monoisotopic (exact) mass is 1080 g/mol. The molecule has 0 amide bonds. The van der Waals surface area contributed by atoms with Gasteiger partial charge >= 0.3 is 10.4 Å². The summed E-state index contributed by atoms with van der Waals surface area (Å²) in [4.78, 5) is 0. The number of aliphatic hydroxyl groups is 11. The fourth-order valence-electron chi connectivity index (χ4n) is 14.1. The van der Waals surface area contributed by atoms with E-state index < -0.39 is 158 Å². The van der Waals surface area contributed by atoms with Crippen LogP contribution in [0.15, 0.2) is 35.1 Å². The van der Waals surface area contributed by atoms with Crippen LogP contribution in [0.5, 0.6) is 0 Å². The van der Waals surface area contributed by atoms with Gasteiger partial charge in [-0.05, 0) is 81.1 Å². The number of fused-ring (bicyclic) bond motifs is 7. The lowest BCUT2D eigenvalue weighted by atomic mass is 9.46. The molecular formula is C49H76O24S. The number of ether oxygens (including phenoxy) is 9. The quantitative estimate of drug-likeness (QED) is 0.0620. The Labute approximate surface area is 429 Å². The summed E-state index contributed by atoms with van der Waals surface area (Å²) in [6, 6.07) is 0. The average Bonchev–Trinajstić information content (AvgIpc) is 3.84. The molecule has 25 heteroatoms. The standard InChI is InChI=1S/C49H76O24S/c1-19(16-64-44-40(59)38(57)36(55)30(15-50)69-44)6-9-28-20(2)33-29(68-28)14-26-24-8-7-22-12-23(51)13-32(49(22,5)25(24)10-11-48(26,33)4)70-47-43(37(56)31(18-66-47)73-74(61,62)63)72-46-41(60)42(34(53)21(3)67-46)71-45-39(58)35(54)27(52)17-65-45/h7,21,23-27,29-47,50-60H,1,6,8-18H2,2-5H3,(H,61,62,63). The van der Waals surface area contributed by atoms with E-state index in [9.17, 15) is 69.1 Å². The molecule has 4 saturated heterocycles. The second-order valence-electron chi connectivity index (χ2n) is 22.5. The Hall–Kier alpha value is -1.87. The number of hydrogen-bond acceptors (Lipinski definition) is 23. The maximum atomic E-state index is 11.9. The molecule has 9 aliphatic rings. The van der Waals surface area contributed by atoms with E-state index in [2.05, 4.69) is 33.4 Å². The number of allylic oxidation sites excluding steroid dienone is 2. The summed E-state index contributed by atoms with van der Waals surface area (Å²) in [5, 5.41) is 117. The first kappa shape index (κ1) is 56.8. The van der Waals surface area contributed by atoms with Crippen molar-refractivity contribution in [2.45, 2.75) is 208 Å². The Morgan fingerprint density at radius 3 is 2.22 bits per heavy atom. The van der Waals surface area contributed by atoms with E-state index in [1.807, 2.05) is 0 Å². The minimum Gasteiger partial charge on any atom is -0.494 e. The van der Waals surface area contributed by atoms with Gasteiger partial charge in [-0.25, -0.2) is 4.18 Å². The highest BCUT2D eigenvalue weighted by Crippen LogP contribution is 2.69. The van der Waals surface area contributed by atoms with Crippen molar-refractivity contribution in [1.29, 1.82) is 0 Å². The topological polar surface area (TPSA) is 369 Å². The molecule has 4 aliphatic carbocycles. The highest BCUT2D eigenvalue weighted by Gasteiger charge is 2.66. The van der Waals surface area contributed by atoms with E-state index in [0.29, 0.717) is 24.8 Å². The summed E-state index contributed by atoms with van der Waals surface area (Å²) in [7, 11) is -5.15. The van der Waals surface area contributed by atoms with Gasteiger partial charge in [0.15, 0.2) is 25.2 Å². The summed E-state index contributed by atoms with van der Waals surface area (Å²) in [5.74, 6) is 1.52. The molecule has 27 atom stereocenters. The highest BCUT2D eigenvalue weighted by atomic mass is 32.3. The van der Waals surface area contributed by atoms with Gasteiger partial charge in [0.1, 0.15) is 85.5 Å². The Morgan fingerprint density at radius 2 is 1.50 bits per heavy atom. The van der Waals surface area contributed by atoms with Crippen molar-refractivity contribution in [3.05, 3.63) is 35.1 Å². The molecule has 74 heavy (non-hydrogen) atoms. The maximum Gasteiger partial charge on any atom is 0.397 e. The second-order valence-corrected chi connectivity index (χ2v) is 23.6. The summed E-state index contributed by atoms with van der Waals surface area (Å²) in [6.07, 6.45) is -22.9. The molecular weight excluding hydrogens is 1000 g/mol. The minimum absolute atomic E-state index is 0.00657. The van der Waals surface area contributed by atoms with E-state index >= 15 is 0 Å². The SMILES string of the molecule is C=C(CCC1=C(C)C2C(CC3C4CC=C5CC(O)CC(OC6OCC(OS(=O)(=O)O)C(O)C6OC6OC(C)C(O)C(OC7OCC(O)C(O)C7O)C6O)C5(C)C4CCC32C)O1)COC1OC(CO)C(O)C(O)C1O. The van der Waals surface area contributed by atoms with Crippen molar-refractivity contribution < 1.29 is 116 Å². The Kier molecular flexibility index (Phi) is 16.9. The Balaban J connectivity index is 0.895. The number of aliphatic hydroxyl groups excluding tert-OH is 11. The van der Waals surface area contributed by atoms with Crippen LogP contribution in [0, 0.1) is 34.5 Å². The zero-order valence-electron chi connectivity index (χ0n) is 41.9. The predicted molar refractivity (Wildman–Crippen MR) is 249 cm³/mol. The van der Waals surface area contributed by atoms with Gasteiger partial charge in [-0.15, -0.1) is 0 Å². The van der Waals surface area contributed by atoms with Crippen LogP contribution in [0.1, 0.15) is 79.1 Å². The van der Waals surface area contributed by atoms with Gasteiger partial charge in [0.2, 0.25) is 0 Å². The van der Waals surface area contributed by atoms with Gasteiger partial charge in [0, 0.05) is 24.2 Å². The predicted octanol–water partition coefficient (Wildman–Crippen LogP) is -2.06. The van der Waals surface area contributed by atoms with E-state index in [1.54, 1.807) is 0 Å². The van der Waals surface area contributed by atoms with Crippen LogP contribution in [0.3, 0.4) is 0 Å². The van der Waals surface area contributed by atoms with Crippen molar-refractivity contribution >= 4 is 10.4 Å². The normalized spacial score (nSPS) is 50.5. The molecule has 5 heterocycles. The summed E-state index contributed by atoms with van der Waals surface area (Å²) in [5.41, 5.74) is 2.08. The van der Waals surface area contributed by atoms with Gasteiger partial charge < -0.3 is 98.8 Å². The molecule has 7 fully saturated rings. The van der Waals surface area contributed by atoms with Crippen LogP contribution >= 0.6 is 0 Å². The molecule has 422 valence electrons. The smallest absolute Gasteiger partial charge is 0.397 e. The maximum absolute atomic E-state index is 11.9. The molecule has 5 aliphatic heterocycles. The van der Waals surface area contributed by atoms with Gasteiger partial charge in [0.05, 0.1) is 50.5 Å². The van der Waals surface area contributed by atoms with E-state index in [1.165, 1.54) is 12.5 Å². The molecule has 27 unspecified atom stereocenters. The zero-order valence-corrected chi connectivity index (χ0v) is 42.7. The van der Waals surface area contributed by atoms with E-state index in [0.717, 1.165) is 37.0 Å². The highest BCUT2D eigenvalue weighted by molar-refractivity contribution is 7.80. The third-order valence-electron chi connectivity index (χ3n) is 18.1. The zero-order chi connectivity index (χ0) is 53.5. The van der Waals surface area contributed by atoms with Crippen molar-refractivity contribution in [1.82, 2.24) is 0 Å². The summed E-state index contributed by atoms with van der Waals surface area (Å²) < 4.78 is 92.4. The fourth-order valence-corrected chi connectivity index (χ4v) is 14.6. The van der Waals surface area contributed by atoms with E-state index in [-0.39, 0.29) is 48.2 Å². The lowest BCUT2D eigenvalue weighted by molar-refractivity contribution is -0.376. The first-order chi connectivity index (χ1) is 34.9. The molecule has 24 nitrogen and oxygen atoms in total. The van der Waals surface area contributed by atoms with Crippen molar-refractivity contribution in [2.75, 3.05) is 26.4 Å². The Bertz CT molecular complexity index is 2180. The van der Waals surface area contributed by atoms with Crippen LogP contribution in [-0.4, -0.2) is 224 Å². The molecule has 0 aromatic carbocycles. The lowest BCUT2D eigenvalue weighted by Crippen LogP contribution is -2.65. The van der Waals surface area contributed by atoms with Crippen molar-refractivity contribution in [2.24, 2.45) is 34.5 Å². The average molecular weight is 1080 g/mol. The lowest BCUT2D eigenvalue weighted by Gasteiger charge is -2.60. The first-order valence-electron chi connectivity index (χ1n) is 25.8. The Morgan fingerprint density at radius 1 is 0.797 bits per heavy atom. The van der Waals surface area contributed by atoms with Gasteiger partial charge in [-0.2, -0.15) is 8.42 Å². The molecule has 0 bridgehead atoms. The van der Waals surface area contributed by atoms with Gasteiger partial charge in [0.25, 0.3) is 0 Å². The minimum atomic E-state index is -5.15. The van der Waals surface area contributed by atoms with Crippen LogP contribution in [0.25, 0.3) is 0 Å². The molecule has 0 spiro atoms. The van der Waals surface area contributed by atoms with Gasteiger partial charge in [-0.1, -0.05) is 37.6 Å². The van der Waals surface area contributed by atoms with Crippen molar-refractivity contribution in [3.63, 3.8) is 0 Å². The molecule has 0 radical (unpaired) electrons. The summed E-state index contributed by atoms with van der Waals surface area (Å²) in [6.45, 7) is 10.6. The molecule has 12 N–H and O–H groups in total. The van der Waals surface area contributed by atoms with Crippen LogP contribution in [0.4, 0.5) is 0 Å². The third-order valence-corrected chi connectivity index (χ3v) is 18.6. The molecule has 9 rings (SSSR count). The number of hydrogen-bond donors (Lipinski definition) is 12. The summed E-state index contributed by atoms with van der Waals surface area (Å²) >= 11 is 0. The first-order valence-corrected chi connectivity index (χ1v) is 27.1. The van der Waals surface area contributed by atoms with E-state index in [4.69, 9.17) is 46.8 Å². The molecule has 0 aromatic heterocycles. The van der Waals surface area contributed by atoms with Crippen LogP contribution in [0.2, 0.25) is 0 Å². The molecule has 0 aromatic rings. The van der Waals surface area contributed by atoms with Crippen LogP contribution in [-0.2, 0) is 57.2 Å². The largest absolute Gasteiger partial charge is 0.494 e. The second kappa shape index (κ2) is 22.0. The fraction of sp³-hybridized carbons (Fsp3) is 0.878. The van der Waals surface area contributed by atoms with Gasteiger partial charge in [-0.3, -0.25) is 4.55 Å².